The Hall–Kier alpha value is -5.84. The number of hydrogen-bond donors (Lipinski definition) is 2. The molecule has 9 rings (SSSR count). The highest BCUT2D eigenvalue weighted by atomic mass is 35.5. The Morgan fingerprint density at radius 2 is 1.52 bits per heavy atom. The largest absolute Gasteiger partial charge is 0.508 e. The Morgan fingerprint density at radius 3 is 2.13 bits per heavy atom. The van der Waals surface area contributed by atoms with E-state index in [0.717, 1.165) is 5.69 Å². The van der Waals surface area contributed by atoms with Gasteiger partial charge in [0.05, 0.1) is 66.9 Å². The van der Waals surface area contributed by atoms with E-state index in [1.165, 1.54) is 31.3 Å². The number of nitrogens with zero attached hydrogens (tertiary/aromatic N) is 4. The SMILES string of the molecule is COc1cc(O)cc(OC)c1[C@H]1C2=CC[C@@H]3C(=O)N(c4ccc(N5CCOCC5)cc4)C(=O)[C@@H]3[C@@H]2C[C@H]2C(=O)N(Nc3ncc(C(F)(F)F)cc3Cl)C(=O)[C@@]12c1ccc(Cl)cc1. The second kappa shape index (κ2) is 15.5. The van der Waals surface area contributed by atoms with Crippen molar-refractivity contribution in [3.05, 3.63) is 111 Å². The van der Waals surface area contributed by atoms with Gasteiger partial charge in [-0.1, -0.05) is 47.0 Å². The van der Waals surface area contributed by atoms with Gasteiger partial charge >= 0.3 is 6.18 Å². The minimum atomic E-state index is -4.78. The summed E-state index contributed by atoms with van der Waals surface area (Å²) in [5.41, 5.74) is 2.07. The topological polar surface area (TPSA) is 151 Å². The van der Waals surface area contributed by atoms with Crippen LogP contribution in [0.1, 0.15) is 35.4 Å². The van der Waals surface area contributed by atoms with Gasteiger partial charge in [0.25, 0.3) is 11.8 Å². The summed E-state index contributed by atoms with van der Waals surface area (Å²) in [4.78, 5) is 67.1. The third-order valence-corrected chi connectivity index (χ3v) is 13.4. The fourth-order valence-corrected chi connectivity index (χ4v) is 10.5. The third kappa shape index (κ3) is 6.44. The van der Waals surface area contributed by atoms with Crippen LogP contribution in [0.25, 0.3) is 0 Å². The number of alkyl halides is 3. The van der Waals surface area contributed by atoms with Gasteiger partial charge in [0.1, 0.15) is 17.2 Å². The van der Waals surface area contributed by atoms with E-state index in [9.17, 15) is 27.9 Å². The monoisotopic (exact) mass is 891 g/mol. The summed E-state index contributed by atoms with van der Waals surface area (Å²) in [7, 11) is 2.73. The van der Waals surface area contributed by atoms with E-state index in [1.807, 2.05) is 18.2 Å². The second-order valence-corrected chi connectivity index (χ2v) is 16.7. The summed E-state index contributed by atoms with van der Waals surface area (Å²) in [6.45, 7) is 2.55. The van der Waals surface area contributed by atoms with Gasteiger partial charge in [-0.15, -0.1) is 0 Å². The molecule has 5 aliphatic rings. The maximum atomic E-state index is 15.6. The Balaban J connectivity index is 1.20. The van der Waals surface area contributed by atoms with Gasteiger partial charge in [0, 0.05) is 53.6 Å². The van der Waals surface area contributed by atoms with Crippen molar-refractivity contribution in [2.45, 2.75) is 30.4 Å². The van der Waals surface area contributed by atoms with Crippen LogP contribution in [0.2, 0.25) is 10.0 Å². The van der Waals surface area contributed by atoms with Gasteiger partial charge in [-0.3, -0.25) is 29.5 Å². The Labute approximate surface area is 362 Å². The summed E-state index contributed by atoms with van der Waals surface area (Å²) in [5.74, 6) is -7.94. The fourth-order valence-electron chi connectivity index (χ4n) is 10.2. The van der Waals surface area contributed by atoms with Crippen molar-refractivity contribution >= 4 is 64.0 Å². The normalized spacial score (nSPS) is 26.0. The van der Waals surface area contributed by atoms with Gasteiger partial charge in [-0.2, -0.15) is 18.2 Å². The molecule has 3 saturated heterocycles. The van der Waals surface area contributed by atoms with Crippen LogP contribution in [-0.4, -0.2) is 79.3 Å². The van der Waals surface area contributed by atoms with E-state index in [-0.39, 0.29) is 35.7 Å². The van der Waals surface area contributed by atoms with Crippen LogP contribution in [0.4, 0.5) is 30.4 Å². The Bertz CT molecular complexity index is 2510. The molecule has 62 heavy (non-hydrogen) atoms. The maximum Gasteiger partial charge on any atom is 0.417 e. The number of carbonyl (C=O) groups excluding carboxylic acids is 4. The molecule has 1 aromatic heterocycles. The number of carbonyl (C=O) groups is 4. The smallest absolute Gasteiger partial charge is 0.417 e. The van der Waals surface area contributed by atoms with Gasteiger partial charge in [0.15, 0.2) is 5.82 Å². The van der Waals surface area contributed by atoms with Crippen molar-refractivity contribution in [1.29, 1.82) is 0 Å². The number of methoxy groups -OCH3 is 2. The fraction of sp³-hybridized carbons (Fsp3) is 0.341. The average molecular weight is 893 g/mol. The van der Waals surface area contributed by atoms with Gasteiger partial charge < -0.3 is 24.2 Å². The number of pyridine rings is 1. The molecular weight excluding hydrogens is 854 g/mol. The van der Waals surface area contributed by atoms with Gasteiger partial charge in [-0.05, 0) is 66.8 Å². The number of hydrogen-bond acceptors (Lipinski definition) is 11. The lowest BCUT2D eigenvalue weighted by Gasteiger charge is -2.51. The average Bonchev–Trinajstić information content (AvgIpc) is 3.64. The molecule has 2 N–H and O–H groups in total. The van der Waals surface area contributed by atoms with Crippen molar-refractivity contribution in [3.63, 3.8) is 0 Å². The third-order valence-electron chi connectivity index (χ3n) is 12.9. The van der Waals surface area contributed by atoms with E-state index < -0.39 is 81.2 Å². The van der Waals surface area contributed by atoms with Crippen molar-refractivity contribution in [2.75, 3.05) is 55.7 Å². The molecule has 0 spiro atoms. The van der Waals surface area contributed by atoms with Crippen molar-refractivity contribution < 1.29 is 51.7 Å². The molecule has 3 aliphatic heterocycles. The number of aromatic hydroxyl groups is 1. The number of allylic oxidation sites excluding steroid dienone is 2. The van der Waals surface area contributed by atoms with E-state index in [1.54, 1.807) is 36.4 Å². The summed E-state index contributed by atoms with van der Waals surface area (Å²) in [5, 5.41) is 11.3. The summed E-state index contributed by atoms with van der Waals surface area (Å²) in [6.07, 6.45) is -2.40. The van der Waals surface area contributed by atoms with Crippen molar-refractivity contribution in [1.82, 2.24) is 9.99 Å². The number of phenols is 1. The highest BCUT2D eigenvalue weighted by molar-refractivity contribution is 6.33. The Kier molecular flexibility index (Phi) is 10.4. The number of ether oxygens (including phenoxy) is 3. The molecule has 4 heterocycles. The number of fused-ring (bicyclic) bond motifs is 4. The summed E-state index contributed by atoms with van der Waals surface area (Å²) >= 11 is 12.7. The van der Waals surface area contributed by atoms with Crippen LogP contribution in [-0.2, 0) is 35.5 Å². The molecule has 13 nitrogen and oxygen atoms in total. The first-order valence-electron chi connectivity index (χ1n) is 19.8. The summed E-state index contributed by atoms with van der Waals surface area (Å²) < 4.78 is 58.0. The number of aromatic nitrogens is 1. The zero-order valence-corrected chi connectivity index (χ0v) is 34.6. The number of hydrazine groups is 1. The molecule has 4 amide bonds. The van der Waals surface area contributed by atoms with Crippen LogP contribution >= 0.6 is 23.2 Å². The van der Waals surface area contributed by atoms with Gasteiger partial charge in [0.2, 0.25) is 11.8 Å². The van der Waals surface area contributed by atoms with E-state index in [2.05, 4.69) is 15.3 Å². The number of amides is 4. The Morgan fingerprint density at radius 1 is 0.871 bits per heavy atom. The molecule has 6 atom stereocenters. The number of imide groups is 2. The highest BCUT2D eigenvalue weighted by Crippen LogP contribution is 2.66. The number of benzene rings is 3. The molecule has 0 unspecified atom stereocenters. The number of phenolic OH excluding ortho intramolecular Hbond substituents is 1. The second-order valence-electron chi connectivity index (χ2n) is 15.8. The molecule has 3 aromatic carbocycles. The van der Waals surface area contributed by atoms with E-state index in [4.69, 9.17) is 37.4 Å². The minimum absolute atomic E-state index is 0.0949. The van der Waals surface area contributed by atoms with Crippen LogP contribution in [0, 0.1) is 23.7 Å². The summed E-state index contributed by atoms with van der Waals surface area (Å²) in [6, 6.07) is 16.8. The lowest BCUT2D eigenvalue weighted by Crippen LogP contribution is -2.53. The number of nitrogens with one attached hydrogen (secondary N) is 1. The molecule has 4 fully saturated rings. The van der Waals surface area contributed by atoms with Crippen LogP contribution < -0.4 is 24.7 Å². The van der Waals surface area contributed by atoms with Crippen LogP contribution in [0.15, 0.2) is 84.6 Å². The lowest BCUT2D eigenvalue weighted by molar-refractivity contribution is -0.139. The first-order chi connectivity index (χ1) is 29.7. The molecule has 1 saturated carbocycles. The predicted octanol–water partition coefficient (Wildman–Crippen LogP) is 7.16. The predicted molar refractivity (Wildman–Crippen MR) is 220 cm³/mol. The van der Waals surface area contributed by atoms with E-state index >= 15 is 9.59 Å². The minimum Gasteiger partial charge on any atom is -0.508 e. The number of rotatable bonds is 8. The van der Waals surface area contributed by atoms with E-state index in [0.29, 0.717) is 65.4 Å². The highest BCUT2D eigenvalue weighted by Gasteiger charge is 2.71. The molecule has 18 heteroatoms. The first-order valence-corrected chi connectivity index (χ1v) is 20.5. The van der Waals surface area contributed by atoms with Crippen LogP contribution in [0.3, 0.4) is 0 Å². The lowest BCUT2D eigenvalue weighted by atomic mass is 9.49. The van der Waals surface area contributed by atoms with Crippen molar-refractivity contribution in [3.8, 4) is 17.2 Å². The molecular formula is C44H38Cl2F3N5O8. The van der Waals surface area contributed by atoms with Gasteiger partial charge in [-0.25, -0.2) is 4.98 Å². The number of anilines is 3. The quantitative estimate of drug-likeness (QED) is 0.137. The molecule has 4 aromatic rings. The molecule has 2 aliphatic carbocycles. The van der Waals surface area contributed by atoms with Crippen LogP contribution in [0.5, 0.6) is 17.2 Å². The zero-order valence-electron chi connectivity index (χ0n) is 33.1. The number of morpholine rings is 1. The molecule has 322 valence electrons. The number of halogens is 5. The molecule has 0 radical (unpaired) electrons. The zero-order chi connectivity index (χ0) is 43.8. The van der Waals surface area contributed by atoms with Crippen molar-refractivity contribution in [2.24, 2.45) is 23.7 Å². The first kappa shape index (κ1) is 41.5. The molecule has 0 bridgehead atoms. The standard InChI is InChI=1S/C44H38Cl2F3N5O8/c1-60-33-18-27(55)19-34(61-2)36(33)37-28-11-12-29-35(41(58)53(39(29)56)26-9-7-25(8-10-26)52-13-15-62-16-14-52)30(28)20-31-40(57)54(42(59)43(31,37)22-3-5-24(45)6-4-22)51-38-32(46)17-23(21-50-38)44(47,48)49/h3-11,17-19,21,29-31,35,37,55H,12-16,20H2,1-2H3,(H,50,51)/t29-,30+,31-,35-,37+,43+/m0/s1. The maximum absolute atomic E-state index is 15.6.